The third-order valence-corrected chi connectivity index (χ3v) is 2.09. The van der Waals surface area contributed by atoms with E-state index >= 15 is 0 Å². The maximum Gasteiger partial charge on any atom is 0.312 e. The molecule has 0 aromatic heterocycles. The van der Waals surface area contributed by atoms with Crippen molar-refractivity contribution in [3.05, 3.63) is 32.3 Å². The molecule has 0 spiro atoms. The molecule has 1 rings (SSSR count). The molecule has 6 heteroatoms. The molecular formula is C8H6BrNO4. The molecule has 0 saturated heterocycles. The number of rotatable bonds is 3. The molecule has 0 bridgehead atoms. The number of phenols is 1. The number of benzene rings is 1. The molecule has 0 amide bonds. The summed E-state index contributed by atoms with van der Waals surface area (Å²) in [6.07, 6.45) is 0.525. The fraction of sp³-hybridized carbons (Fsp3) is 0.125. The topological polar surface area (TPSA) is 80.4 Å². The van der Waals surface area contributed by atoms with Crippen LogP contribution in [-0.4, -0.2) is 16.3 Å². The van der Waals surface area contributed by atoms with Crippen LogP contribution in [0.3, 0.4) is 0 Å². The van der Waals surface area contributed by atoms with Gasteiger partial charge in [-0.05, 0) is 6.07 Å². The minimum absolute atomic E-state index is 0.0495. The molecule has 0 unspecified atom stereocenters. The summed E-state index contributed by atoms with van der Waals surface area (Å²) in [6, 6.07) is 2.65. The van der Waals surface area contributed by atoms with E-state index < -0.39 is 16.4 Å². The molecular weight excluding hydrogens is 254 g/mol. The first-order valence-electron chi connectivity index (χ1n) is 3.65. The van der Waals surface area contributed by atoms with Crippen LogP contribution in [0, 0.1) is 10.1 Å². The maximum atomic E-state index is 10.5. The second-order valence-electron chi connectivity index (χ2n) is 2.56. The summed E-state index contributed by atoms with van der Waals surface area (Å²) in [5.74, 6) is -0.453. The number of carbonyl (C=O) groups is 1. The molecule has 0 atom stereocenters. The number of nitrogens with zero attached hydrogens (tertiary/aromatic N) is 1. The van der Waals surface area contributed by atoms with Gasteiger partial charge in [0.2, 0.25) is 0 Å². The second-order valence-corrected chi connectivity index (χ2v) is 3.48. The van der Waals surface area contributed by atoms with Gasteiger partial charge in [-0.3, -0.25) is 10.1 Å². The summed E-state index contributed by atoms with van der Waals surface area (Å²) in [5.41, 5.74) is -0.169. The molecule has 74 valence electrons. The van der Waals surface area contributed by atoms with Crippen LogP contribution < -0.4 is 0 Å². The van der Waals surface area contributed by atoms with Crippen LogP contribution in [-0.2, 0) is 11.2 Å². The van der Waals surface area contributed by atoms with Crippen LogP contribution in [0.25, 0.3) is 0 Å². The van der Waals surface area contributed by atoms with Crippen molar-refractivity contribution < 1.29 is 14.8 Å². The van der Waals surface area contributed by atoms with Crippen LogP contribution in [0.2, 0.25) is 0 Å². The van der Waals surface area contributed by atoms with Gasteiger partial charge in [0.15, 0.2) is 5.75 Å². The first-order chi connectivity index (χ1) is 6.56. The van der Waals surface area contributed by atoms with Crippen molar-refractivity contribution in [2.45, 2.75) is 6.42 Å². The summed E-state index contributed by atoms with van der Waals surface area (Å²) in [5, 5.41) is 19.9. The maximum absolute atomic E-state index is 10.5. The van der Waals surface area contributed by atoms with Gasteiger partial charge in [-0.15, -0.1) is 0 Å². The highest BCUT2D eigenvalue weighted by Gasteiger charge is 2.17. The fourth-order valence-electron chi connectivity index (χ4n) is 1.02. The van der Waals surface area contributed by atoms with Gasteiger partial charge in [0, 0.05) is 22.5 Å². The molecule has 0 fully saturated rings. The van der Waals surface area contributed by atoms with Gasteiger partial charge < -0.3 is 9.90 Å². The van der Waals surface area contributed by atoms with Crippen LogP contribution >= 0.6 is 15.9 Å². The fourth-order valence-corrected chi connectivity index (χ4v) is 1.52. The average Bonchev–Trinajstić information content (AvgIpc) is 2.10. The average molecular weight is 260 g/mol. The molecule has 0 aliphatic carbocycles. The molecule has 0 saturated carbocycles. The number of aldehydes is 1. The third-order valence-electron chi connectivity index (χ3n) is 1.63. The Morgan fingerprint density at radius 3 is 2.71 bits per heavy atom. The standard InChI is InChI=1S/C8H6BrNO4/c9-6-3-5(1-2-11)8(12)7(4-6)10(13)14/h2-4,12H,1H2. The van der Waals surface area contributed by atoms with E-state index in [-0.39, 0.29) is 12.0 Å². The zero-order chi connectivity index (χ0) is 10.7. The first kappa shape index (κ1) is 10.6. The van der Waals surface area contributed by atoms with Crippen LogP contribution in [0.15, 0.2) is 16.6 Å². The van der Waals surface area contributed by atoms with Gasteiger partial charge in [0.1, 0.15) is 6.29 Å². The number of halogens is 1. The van der Waals surface area contributed by atoms with E-state index in [9.17, 15) is 20.0 Å². The number of nitro benzene ring substituents is 1. The van der Waals surface area contributed by atoms with E-state index in [0.717, 1.165) is 0 Å². The minimum Gasteiger partial charge on any atom is -0.502 e. The predicted molar refractivity (Wildman–Crippen MR) is 52.2 cm³/mol. The Morgan fingerprint density at radius 2 is 2.21 bits per heavy atom. The number of phenolic OH excluding ortho intramolecular Hbond substituents is 1. The monoisotopic (exact) mass is 259 g/mol. The molecule has 0 aliphatic heterocycles. The van der Waals surface area contributed by atoms with E-state index in [0.29, 0.717) is 10.8 Å². The lowest BCUT2D eigenvalue weighted by atomic mass is 10.1. The van der Waals surface area contributed by atoms with Gasteiger partial charge in [0.05, 0.1) is 4.92 Å². The van der Waals surface area contributed by atoms with Crippen molar-refractivity contribution in [2.24, 2.45) is 0 Å². The predicted octanol–water partition coefficient (Wildman–Crippen LogP) is 1.80. The molecule has 1 aromatic carbocycles. The summed E-state index contributed by atoms with van der Waals surface area (Å²) in [4.78, 5) is 20.0. The molecule has 0 aliphatic rings. The van der Waals surface area contributed by atoms with Crippen molar-refractivity contribution in [3.8, 4) is 5.75 Å². The number of hydrogen-bond acceptors (Lipinski definition) is 4. The zero-order valence-corrected chi connectivity index (χ0v) is 8.52. The summed E-state index contributed by atoms with van der Waals surface area (Å²) in [6.45, 7) is 0. The minimum atomic E-state index is -0.700. The van der Waals surface area contributed by atoms with Gasteiger partial charge >= 0.3 is 5.69 Å². The Bertz CT molecular complexity index is 391. The first-order valence-corrected chi connectivity index (χ1v) is 4.45. The number of nitro groups is 1. The Balaban J connectivity index is 3.31. The summed E-state index contributed by atoms with van der Waals surface area (Å²) >= 11 is 3.05. The van der Waals surface area contributed by atoms with E-state index in [2.05, 4.69) is 15.9 Å². The van der Waals surface area contributed by atoms with E-state index in [1.165, 1.54) is 12.1 Å². The zero-order valence-electron chi connectivity index (χ0n) is 6.94. The van der Waals surface area contributed by atoms with Gasteiger partial charge in [-0.1, -0.05) is 15.9 Å². The molecule has 14 heavy (non-hydrogen) atoms. The summed E-state index contributed by atoms with van der Waals surface area (Å²) < 4.78 is 0.457. The normalized spacial score (nSPS) is 9.79. The molecule has 0 radical (unpaired) electrons. The van der Waals surface area contributed by atoms with Crippen LogP contribution in [0.4, 0.5) is 5.69 Å². The van der Waals surface area contributed by atoms with Crippen molar-refractivity contribution in [2.75, 3.05) is 0 Å². The SMILES string of the molecule is O=CCc1cc(Br)cc([N+](=O)[O-])c1O. The highest BCUT2D eigenvalue weighted by molar-refractivity contribution is 9.10. The lowest BCUT2D eigenvalue weighted by molar-refractivity contribution is -0.386. The highest BCUT2D eigenvalue weighted by atomic mass is 79.9. The van der Waals surface area contributed by atoms with Crippen molar-refractivity contribution in [3.63, 3.8) is 0 Å². The van der Waals surface area contributed by atoms with Crippen LogP contribution in [0.5, 0.6) is 5.75 Å². The smallest absolute Gasteiger partial charge is 0.312 e. The molecule has 5 nitrogen and oxygen atoms in total. The number of carbonyl (C=O) groups excluding carboxylic acids is 1. The van der Waals surface area contributed by atoms with Crippen molar-refractivity contribution >= 4 is 27.9 Å². The quantitative estimate of drug-likeness (QED) is 0.510. The van der Waals surface area contributed by atoms with Crippen LogP contribution in [0.1, 0.15) is 5.56 Å². The van der Waals surface area contributed by atoms with Gasteiger partial charge in [0.25, 0.3) is 0 Å². The lowest BCUT2D eigenvalue weighted by Crippen LogP contribution is -1.94. The van der Waals surface area contributed by atoms with Gasteiger partial charge in [-0.2, -0.15) is 0 Å². The third kappa shape index (κ3) is 2.08. The van der Waals surface area contributed by atoms with Gasteiger partial charge in [-0.25, -0.2) is 0 Å². The molecule has 1 N–H and O–H groups in total. The Hall–Kier alpha value is -1.43. The Morgan fingerprint density at radius 1 is 1.57 bits per heavy atom. The van der Waals surface area contributed by atoms with E-state index in [4.69, 9.17) is 0 Å². The number of aromatic hydroxyl groups is 1. The number of hydrogen-bond donors (Lipinski definition) is 1. The largest absolute Gasteiger partial charge is 0.502 e. The second kappa shape index (κ2) is 4.19. The van der Waals surface area contributed by atoms with Crippen molar-refractivity contribution in [1.82, 2.24) is 0 Å². The summed E-state index contributed by atoms with van der Waals surface area (Å²) in [7, 11) is 0. The highest BCUT2D eigenvalue weighted by Crippen LogP contribution is 2.33. The lowest BCUT2D eigenvalue weighted by Gasteiger charge is -2.02. The Labute approximate surface area is 87.6 Å². The Kier molecular flexibility index (Phi) is 3.19. The molecule has 1 aromatic rings. The molecule has 0 heterocycles. The van der Waals surface area contributed by atoms with E-state index in [1.54, 1.807) is 0 Å². The van der Waals surface area contributed by atoms with E-state index in [1.807, 2.05) is 0 Å². The van der Waals surface area contributed by atoms with Crippen molar-refractivity contribution in [1.29, 1.82) is 0 Å².